The van der Waals surface area contributed by atoms with Gasteiger partial charge < -0.3 is 9.47 Å². The number of hydrogen-bond acceptors (Lipinski definition) is 4. The van der Waals surface area contributed by atoms with Gasteiger partial charge in [0.2, 0.25) is 0 Å². The predicted molar refractivity (Wildman–Crippen MR) is 124 cm³/mol. The Balaban J connectivity index is 1.48. The Hall–Kier alpha value is -2.93. The summed E-state index contributed by atoms with van der Waals surface area (Å²) in [5.41, 5.74) is 2.89. The minimum Gasteiger partial charge on any atom is -0.337 e. The van der Waals surface area contributed by atoms with E-state index < -0.39 is 0 Å². The van der Waals surface area contributed by atoms with Crippen LogP contribution in [0.25, 0.3) is 5.69 Å². The molecule has 5 rings (SSSR count). The fraction of sp³-hybridized carbons (Fsp3) is 0.480. The molecule has 7 nitrogen and oxygen atoms in total. The Kier molecular flexibility index (Phi) is 5.37. The second-order valence-corrected chi connectivity index (χ2v) is 9.40. The summed E-state index contributed by atoms with van der Waals surface area (Å²) in [5.74, 6) is 1.67. The summed E-state index contributed by atoms with van der Waals surface area (Å²) >= 11 is 0. The number of amides is 1. The minimum atomic E-state index is -0.188. The average Bonchev–Trinajstić information content (AvgIpc) is 3.47. The summed E-state index contributed by atoms with van der Waals surface area (Å²) < 4.78 is 4.08. The third-order valence-electron chi connectivity index (χ3n) is 6.92. The first kappa shape index (κ1) is 20.9. The Morgan fingerprint density at radius 3 is 2.62 bits per heavy atom. The maximum atomic E-state index is 13.1. The first-order valence-electron chi connectivity index (χ1n) is 11.7. The van der Waals surface area contributed by atoms with Crippen molar-refractivity contribution in [3.8, 4) is 5.69 Å². The molecule has 0 atom stereocenters. The molecule has 0 bridgehead atoms. The fourth-order valence-corrected chi connectivity index (χ4v) is 5.33. The highest BCUT2D eigenvalue weighted by Gasteiger charge is 2.47. The van der Waals surface area contributed by atoms with Crippen LogP contribution in [0.3, 0.4) is 0 Å². The molecule has 1 aromatic carbocycles. The molecular formula is C25H32N6O. The van der Waals surface area contributed by atoms with Gasteiger partial charge in [-0.3, -0.25) is 14.4 Å². The molecule has 1 amide bonds. The molecule has 3 aromatic rings. The van der Waals surface area contributed by atoms with Gasteiger partial charge >= 0.3 is 0 Å². The highest BCUT2D eigenvalue weighted by molar-refractivity contribution is 5.92. The minimum absolute atomic E-state index is 0.0303. The fourth-order valence-electron chi connectivity index (χ4n) is 5.33. The lowest BCUT2D eigenvalue weighted by molar-refractivity contribution is 0.000604. The van der Waals surface area contributed by atoms with Crippen molar-refractivity contribution >= 4 is 5.91 Å². The van der Waals surface area contributed by atoms with Crippen molar-refractivity contribution < 1.29 is 4.79 Å². The van der Waals surface area contributed by atoms with E-state index in [0.29, 0.717) is 24.7 Å². The number of nitrogens with zero attached hydrogens (tertiary/aromatic N) is 6. The van der Waals surface area contributed by atoms with Crippen molar-refractivity contribution in [1.82, 2.24) is 29.1 Å². The third kappa shape index (κ3) is 3.45. The van der Waals surface area contributed by atoms with E-state index in [0.717, 1.165) is 38.3 Å². The number of aryl methyl sites for hydroxylation is 1. The van der Waals surface area contributed by atoms with E-state index in [4.69, 9.17) is 4.98 Å². The van der Waals surface area contributed by atoms with E-state index in [1.807, 2.05) is 35.0 Å². The van der Waals surface area contributed by atoms with Crippen LogP contribution in [0.2, 0.25) is 0 Å². The van der Waals surface area contributed by atoms with Crippen LogP contribution in [0.4, 0.5) is 0 Å². The lowest BCUT2D eigenvalue weighted by Gasteiger charge is -2.48. The Bertz CT molecular complexity index is 1110. The van der Waals surface area contributed by atoms with E-state index >= 15 is 0 Å². The zero-order valence-corrected chi connectivity index (χ0v) is 19.2. The van der Waals surface area contributed by atoms with Gasteiger partial charge in [0, 0.05) is 51.3 Å². The summed E-state index contributed by atoms with van der Waals surface area (Å²) in [5, 5.41) is 4.43. The predicted octanol–water partition coefficient (Wildman–Crippen LogP) is 3.69. The molecule has 0 aliphatic carbocycles. The normalized spacial score (nSPS) is 17.9. The maximum absolute atomic E-state index is 13.1. The lowest BCUT2D eigenvalue weighted by Crippen LogP contribution is -2.55. The molecular weight excluding hydrogens is 400 g/mol. The van der Waals surface area contributed by atoms with Crippen LogP contribution in [-0.2, 0) is 18.6 Å². The molecule has 2 aliphatic rings. The van der Waals surface area contributed by atoms with E-state index in [1.165, 1.54) is 11.3 Å². The van der Waals surface area contributed by atoms with Gasteiger partial charge in [-0.25, -0.2) is 4.98 Å². The van der Waals surface area contributed by atoms with Crippen molar-refractivity contribution in [2.45, 2.75) is 52.2 Å². The second kappa shape index (κ2) is 8.20. The van der Waals surface area contributed by atoms with Crippen LogP contribution in [0.1, 0.15) is 55.5 Å². The number of rotatable bonds is 4. The van der Waals surface area contributed by atoms with Crippen molar-refractivity contribution in [3.05, 3.63) is 66.0 Å². The second-order valence-electron chi connectivity index (χ2n) is 9.40. The van der Waals surface area contributed by atoms with Crippen molar-refractivity contribution in [2.75, 3.05) is 19.6 Å². The molecule has 0 saturated carbocycles. The van der Waals surface area contributed by atoms with Crippen LogP contribution in [0.5, 0.6) is 0 Å². The van der Waals surface area contributed by atoms with Crippen molar-refractivity contribution in [1.29, 1.82) is 0 Å². The number of fused-ring (bicyclic) bond motifs is 4. The van der Waals surface area contributed by atoms with E-state index in [9.17, 15) is 4.79 Å². The Morgan fingerprint density at radius 1 is 1.12 bits per heavy atom. The Morgan fingerprint density at radius 2 is 1.91 bits per heavy atom. The average molecular weight is 433 g/mol. The number of benzene rings is 1. The topological polar surface area (TPSA) is 59.2 Å². The van der Waals surface area contributed by atoms with E-state index in [-0.39, 0.29) is 11.4 Å². The maximum Gasteiger partial charge on any atom is 0.274 e. The first-order valence-corrected chi connectivity index (χ1v) is 11.7. The van der Waals surface area contributed by atoms with Crippen molar-refractivity contribution in [3.63, 3.8) is 0 Å². The molecule has 1 spiro atoms. The summed E-state index contributed by atoms with van der Waals surface area (Å²) in [4.78, 5) is 22.6. The van der Waals surface area contributed by atoms with E-state index in [2.05, 4.69) is 58.9 Å². The smallest absolute Gasteiger partial charge is 0.274 e. The van der Waals surface area contributed by atoms with Gasteiger partial charge in [-0.1, -0.05) is 32.0 Å². The van der Waals surface area contributed by atoms with E-state index in [1.54, 1.807) is 0 Å². The van der Waals surface area contributed by atoms with Crippen LogP contribution in [-0.4, -0.2) is 54.7 Å². The SMILES string of the molecule is CCn1ccc(C(=O)N2CCC3(CC2)c2nccn2-c2ccccc2CN3CC(C)C)n1. The number of carbonyl (C=O) groups is 1. The molecule has 2 aromatic heterocycles. The number of hydrogen-bond donors (Lipinski definition) is 0. The molecule has 168 valence electrons. The van der Waals surface area contributed by atoms with Gasteiger partial charge in [0.15, 0.2) is 0 Å². The molecule has 1 fully saturated rings. The van der Waals surface area contributed by atoms with Crippen LogP contribution in [0.15, 0.2) is 48.9 Å². The lowest BCUT2D eigenvalue weighted by atomic mass is 9.83. The summed E-state index contributed by atoms with van der Waals surface area (Å²) in [6.45, 7) is 10.7. The molecule has 0 radical (unpaired) electrons. The van der Waals surface area contributed by atoms with Gasteiger partial charge in [0.25, 0.3) is 5.91 Å². The molecule has 7 heteroatoms. The van der Waals surface area contributed by atoms with Gasteiger partial charge in [0.05, 0.1) is 11.2 Å². The third-order valence-corrected chi connectivity index (χ3v) is 6.92. The molecule has 4 heterocycles. The van der Waals surface area contributed by atoms with Gasteiger partial charge in [-0.05, 0) is 43.4 Å². The van der Waals surface area contributed by atoms with Crippen LogP contribution < -0.4 is 0 Å². The molecule has 2 aliphatic heterocycles. The molecule has 1 saturated heterocycles. The summed E-state index contributed by atoms with van der Waals surface area (Å²) in [6, 6.07) is 10.5. The number of piperidine rings is 1. The highest BCUT2D eigenvalue weighted by Crippen LogP contribution is 2.43. The summed E-state index contributed by atoms with van der Waals surface area (Å²) in [6.07, 6.45) is 7.61. The quantitative estimate of drug-likeness (QED) is 0.631. The number of likely N-dealkylation sites (tertiary alicyclic amines) is 1. The van der Waals surface area contributed by atoms with Crippen LogP contribution in [0, 0.1) is 5.92 Å². The molecule has 32 heavy (non-hydrogen) atoms. The zero-order chi connectivity index (χ0) is 22.3. The first-order chi connectivity index (χ1) is 15.5. The molecule has 0 unspecified atom stereocenters. The number of imidazole rings is 1. The largest absolute Gasteiger partial charge is 0.337 e. The van der Waals surface area contributed by atoms with Gasteiger partial charge in [0.1, 0.15) is 11.5 Å². The monoisotopic (exact) mass is 432 g/mol. The molecule has 0 N–H and O–H groups in total. The summed E-state index contributed by atoms with van der Waals surface area (Å²) in [7, 11) is 0. The highest BCUT2D eigenvalue weighted by atomic mass is 16.2. The van der Waals surface area contributed by atoms with Gasteiger partial charge in [-0.15, -0.1) is 0 Å². The number of carbonyl (C=O) groups excluding carboxylic acids is 1. The number of para-hydroxylation sites is 1. The van der Waals surface area contributed by atoms with Crippen molar-refractivity contribution in [2.24, 2.45) is 5.92 Å². The number of aromatic nitrogens is 4. The van der Waals surface area contributed by atoms with Gasteiger partial charge in [-0.2, -0.15) is 5.10 Å². The standard InChI is InChI=1S/C25H32N6O/c1-4-30-13-9-21(27-30)23(32)28-14-10-25(11-15-28)24-26-12-16-31(24)22-8-6-5-7-20(22)18-29(25)17-19(2)3/h5-9,12-13,16,19H,4,10-11,14-15,17-18H2,1-3H3. The zero-order valence-electron chi connectivity index (χ0n) is 19.2. The van der Waals surface area contributed by atoms with Crippen LogP contribution >= 0.6 is 0 Å². The Labute approximate surface area is 189 Å².